The highest BCUT2D eigenvalue weighted by atomic mass is 35.5. The SMILES string of the molecule is COc1cc(C(=O)N2CCC3(CC2)Oc2ccccc2-c2c3cnn2C)ccc1Cl. The van der Waals surface area contributed by atoms with Gasteiger partial charge in [-0.25, -0.2) is 0 Å². The van der Waals surface area contributed by atoms with Crippen molar-refractivity contribution in [1.82, 2.24) is 14.7 Å². The molecule has 30 heavy (non-hydrogen) atoms. The van der Waals surface area contributed by atoms with Gasteiger partial charge >= 0.3 is 0 Å². The average Bonchev–Trinajstić information content (AvgIpc) is 3.17. The van der Waals surface area contributed by atoms with E-state index < -0.39 is 5.60 Å². The maximum Gasteiger partial charge on any atom is 0.253 e. The first-order valence-electron chi connectivity index (χ1n) is 9.96. The van der Waals surface area contributed by atoms with Gasteiger partial charge in [0.2, 0.25) is 0 Å². The molecule has 1 aromatic heterocycles. The second kappa shape index (κ2) is 7.06. The van der Waals surface area contributed by atoms with Gasteiger partial charge < -0.3 is 14.4 Å². The number of likely N-dealkylation sites (tertiary alicyclic amines) is 1. The molecule has 6 nitrogen and oxygen atoms in total. The molecule has 3 aromatic rings. The summed E-state index contributed by atoms with van der Waals surface area (Å²) in [6, 6.07) is 13.2. The van der Waals surface area contributed by atoms with Crippen LogP contribution in [0.25, 0.3) is 11.3 Å². The lowest BCUT2D eigenvalue weighted by Crippen LogP contribution is -2.49. The molecule has 0 aliphatic carbocycles. The number of para-hydroxylation sites is 1. The molecule has 0 saturated carbocycles. The van der Waals surface area contributed by atoms with Crippen LogP contribution in [0.15, 0.2) is 48.7 Å². The molecule has 3 heterocycles. The number of piperidine rings is 1. The molecule has 0 N–H and O–H groups in total. The average molecular weight is 424 g/mol. The Bertz CT molecular complexity index is 1130. The van der Waals surface area contributed by atoms with E-state index in [0.29, 0.717) is 42.3 Å². The third-order valence-corrected chi connectivity index (χ3v) is 6.45. The van der Waals surface area contributed by atoms with Crippen molar-refractivity contribution in [3.05, 3.63) is 64.8 Å². The second-order valence-electron chi connectivity index (χ2n) is 7.76. The summed E-state index contributed by atoms with van der Waals surface area (Å²) in [6.45, 7) is 1.19. The fraction of sp³-hybridized carbons (Fsp3) is 0.304. The van der Waals surface area contributed by atoms with Crippen LogP contribution >= 0.6 is 11.6 Å². The maximum absolute atomic E-state index is 13.1. The topological polar surface area (TPSA) is 56.6 Å². The molecule has 1 fully saturated rings. The van der Waals surface area contributed by atoms with Crippen LogP contribution in [0.4, 0.5) is 0 Å². The van der Waals surface area contributed by atoms with E-state index in [1.54, 1.807) is 25.3 Å². The summed E-state index contributed by atoms with van der Waals surface area (Å²) in [5, 5.41) is 5.00. The highest BCUT2D eigenvalue weighted by Crippen LogP contribution is 2.49. The number of ether oxygens (including phenoxy) is 2. The van der Waals surface area contributed by atoms with Gasteiger partial charge in [-0.05, 0) is 30.3 Å². The molecule has 2 aliphatic rings. The summed E-state index contributed by atoms with van der Waals surface area (Å²) in [4.78, 5) is 14.9. The lowest BCUT2D eigenvalue weighted by atomic mass is 9.81. The number of hydrogen-bond donors (Lipinski definition) is 0. The Kier molecular flexibility index (Phi) is 4.47. The van der Waals surface area contributed by atoms with E-state index in [1.807, 2.05) is 41.0 Å². The van der Waals surface area contributed by atoms with Crippen LogP contribution in [0.5, 0.6) is 11.5 Å². The molecule has 0 bridgehead atoms. The minimum absolute atomic E-state index is 0.0255. The van der Waals surface area contributed by atoms with Crippen molar-refractivity contribution in [2.24, 2.45) is 7.05 Å². The Morgan fingerprint density at radius 1 is 1.20 bits per heavy atom. The number of methoxy groups -OCH3 is 1. The summed E-state index contributed by atoms with van der Waals surface area (Å²) < 4.78 is 13.7. The smallest absolute Gasteiger partial charge is 0.253 e. The molecule has 2 aromatic carbocycles. The summed E-state index contributed by atoms with van der Waals surface area (Å²) in [5.41, 5.74) is 3.36. The van der Waals surface area contributed by atoms with Crippen LogP contribution in [0.1, 0.15) is 28.8 Å². The Morgan fingerprint density at radius 2 is 1.97 bits per heavy atom. The highest BCUT2D eigenvalue weighted by Gasteiger charge is 2.45. The summed E-state index contributed by atoms with van der Waals surface area (Å²) in [7, 11) is 3.51. The van der Waals surface area contributed by atoms with Crippen molar-refractivity contribution in [2.75, 3.05) is 20.2 Å². The molecule has 7 heteroatoms. The second-order valence-corrected chi connectivity index (χ2v) is 8.17. The minimum atomic E-state index is -0.466. The zero-order chi connectivity index (χ0) is 20.9. The van der Waals surface area contributed by atoms with Gasteiger partial charge in [-0.1, -0.05) is 23.7 Å². The van der Waals surface area contributed by atoms with Crippen molar-refractivity contribution in [1.29, 1.82) is 0 Å². The number of nitrogens with zero attached hydrogens (tertiary/aromatic N) is 3. The van der Waals surface area contributed by atoms with Crippen LogP contribution in [0, 0.1) is 0 Å². The van der Waals surface area contributed by atoms with E-state index in [9.17, 15) is 4.79 Å². The van der Waals surface area contributed by atoms with Crippen molar-refractivity contribution in [3.63, 3.8) is 0 Å². The van der Waals surface area contributed by atoms with Crippen molar-refractivity contribution >= 4 is 17.5 Å². The number of hydrogen-bond acceptors (Lipinski definition) is 4. The Morgan fingerprint density at radius 3 is 2.73 bits per heavy atom. The first-order chi connectivity index (χ1) is 14.5. The van der Waals surface area contributed by atoms with Gasteiger partial charge in [0.1, 0.15) is 17.1 Å². The van der Waals surface area contributed by atoms with Crippen molar-refractivity contribution in [2.45, 2.75) is 18.4 Å². The van der Waals surface area contributed by atoms with Crippen molar-refractivity contribution < 1.29 is 14.3 Å². The minimum Gasteiger partial charge on any atom is -0.495 e. The zero-order valence-corrected chi connectivity index (χ0v) is 17.6. The van der Waals surface area contributed by atoms with E-state index in [1.165, 1.54) is 0 Å². The molecule has 2 aliphatic heterocycles. The molecule has 0 atom stereocenters. The number of benzene rings is 2. The predicted molar refractivity (Wildman–Crippen MR) is 114 cm³/mol. The van der Waals surface area contributed by atoms with Crippen LogP contribution in [-0.2, 0) is 12.6 Å². The monoisotopic (exact) mass is 423 g/mol. The Balaban J connectivity index is 1.41. The summed E-state index contributed by atoms with van der Waals surface area (Å²) in [5.74, 6) is 1.35. The van der Waals surface area contributed by atoms with Gasteiger partial charge in [0.25, 0.3) is 5.91 Å². The molecule has 1 spiro atoms. The number of carbonyl (C=O) groups excluding carboxylic acids is 1. The van der Waals surface area contributed by atoms with E-state index in [-0.39, 0.29) is 5.91 Å². The summed E-state index contributed by atoms with van der Waals surface area (Å²) >= 11 is 6.10. The molecule has 0 radical (unpaired) electrons. The lowest BCUT2D eigenvalue weighted by molar-refractivity contribution is -0.00173. The van der Waals surface area contributed by atoms with E-state index in [0.717, 1.165) is 22.6 Å². The first kappa shape index (κ1) is 19.0. The Hall–Kier alpha value is -2.99. The fourth-order valence-electron chi connectivity index (χ4n) is 4.52. The maximum atomic E-state index is 13.1. The largest absolute Gasteiger partial charge is 0.495 e. The number of amides is 1. The van der Waals surface area contributed by atoms with Crippen LogP contribution in [-0.4, -0.2) is 40.8 Å². The van der Waals surface area contributed by atoms with Crippen LogP contribution in [0.2, 0.25) is 5.02 Å². The standard InChI is InChI=1S/C23H22ClN3O3/c1-26-21-16-5-3-4-6-19(16)30-23(17(21)14-25-26)9-11-27(12-10-23)22(28)15-7-8-18(24)20(13-15)29-2/h3-8,13-14H,9-12H2,1-2H3. The van der Waals surface area contributed by atoms with E-state index in [2.05, 4.69) is 11.2 Å². The van der Waals surface area contributed by atoms with E-state index >= 15 is 0 Å². The molecule has 0 unspecified atom stereocenters. The van der Waals surface area contributed by atoms with Gasteiger partial charge in [0, 0.05) is 49.7 Å². The molecular weight excluding hydrogens is 402 g/mol. The quantitative estimate of drug-likeness (QED) is 0.617. The number of rotatable bonds is 2. The highest BCUT2D eigenvalue weighted by molar-refractivity contribution is 6.32. The zero-order valence-electron chi connectivity index (χ0n) is 16.9. The third kappa shape index (κ3) is 2.86. The summed E-state index contributed by atoms with van der Waals surface area (Å²) in [6.07, 6.45) is 3.32. The van der Waals surface area contributed by atoms with Crippen LogP contribution in [0.3, 0.4) is 0 Å². The van der Waals surface area contributed by atoms with Gasteiger partial charge in [-0.15, -0.1) is 0 Å². The predicted octanol–water partition coefficient (Wildman–Crippen LogP) is 4.27. The Labute approximate surface area is 180 Å². The van der Waals surface area contributed by atoms with E-state index in [4.69, 9.17) is 21.1 Å². The van der Waals surface area contributed by atoms with Gasteiger partial charge in [-0.2, -0.15) is 5.10 Å². The van der Waals surface area contributed by atoms with Crippen molar-refractivity contribution in [3.8, 4) is 22.8 Å². The normalized spacial score (nSPS) is 16.6. The third-order valence-electron chi connectivity index (χ3n) is 6.13. The number of carbonyl (C=O) groups is 1. The van der Waals surface area contributed by atoms with Gasteiger partial charge in [0.05, 0.1) is 24.0 Å². The number of aryl methyl sites for hydroxylation is 1. The first-order valence-corrected chi connectivity index (χ1v) is 10.3. The fourth-order valence-corrected chi connectivity index (χ4v) is 4.72. The van der Waals surface area contributed by atoms with Gasteiger partial charge in [0.15, 0.2) is 0 Å². The molecule has 5 rings (SSSR count). The van der Waals surface area contributed by atoms with Crippen LogP contribution < -0.4 is 9.47 Å². The van der Waals surface area contributed by atoms with Gasteiger partial charge in [-0.3, -0.25) is 9.48 Å². The lowest BCUT2D eigenvalue weighted by Gasteiger charge is -2.44. The molecule has 1 saturated heterocycles. The number of halogens is 1. The molecule has 1 amide bonds. The molecular formula is C23H22ClN3O3. The molecule has 154 valence electrons. The number of fused-ring (bicyclic) bond motifs is 4. The number of aromatic nitrogens is 2.